The predicted octanol–water partition coefficient (Wildman–Crippen LogP) is 2.41. The number of fused-ring (bicyclic) bond motifs is 1. The van der Waals surface area contributed by atoms with Gasteiger partial charge in [-0.3, -0.25) is 0 Å². The lowest BCUT2D eigenvalue weighted by Gasteiger charge is -1.87. The van der Waals surface area contributed by atoms with E-state index in [4.69, 9.17) is 5.41 Å². The Labute approximate surface area is 65.9 Å². The summed E-state index contributed by atoms with van der Waals surface area (Å²) < 4.78 is 0. The van der Waals surface area contributed by atoms with Crippen LogP contribution in [0.25, 0.3) is 10.9 Å². The number of benzene rings is 1. The van der Waals surface area contributed by atoms with Crippen molar-refractivity contribution < 1.29 is 1.43 Å². The molecule has 0 unspecified atom stereocenters. The van der Waals surface area contributed by atoms with Gasteiger partial charge in [-0.25, -0.2) is 0 Å². The molecule has 1 aromatic carbocycles. The van der Waals surface area contributed by atoms with Gasteiger partial charge in [0.25, 0.3) is 0 Å². The molecule has 0 aliphatic rings. The summed E-state index contributed by atoms with van der Waals surface area (Å²) in [6.07, 6.45) is 3.20. The molecule has 0 fully saturated rings. The predicted molar refractivity (Wildman–Crippen MR) is 48.3 cm³/mol. The molecular formula is C9H10N2. The number of hydrogen-bond donors (Lipinski definition) is 2. The van der Waals surface area contributed by atoms with Crippen molar-refractivity contribution in [2.45, 2.75) is 0 Å². The summed E-state index contributed by atoms with van der Waals surface area (Å²) in [5.41, 5.74) is 2.03. The lowest BCUT2D eigenvalue weighted by atomic mass is 10.2. The largest absolute Gasteiger partial charge is 0.361 e. The van der Waals surface area contributed by atoms with Crippen LogP contribution in [0.3, 0.4) is 0 Å². The van der Waals surface area contributed by atoms with Crippen molar-refractivity contribution in [3.05, 3.63) is 36.0 Å². The van der Waals surface area contributed by atoms with E-state index in [1.54, 1.807) is 0 Å². The van der Waals surface area contributed by atoms with Gasteiger partial charge in [-0.05, 0) is 6.07 Å². The summed E-state index contributed by atoms with van der Waals surface area (Å²) in [5, 5.41) is 8.21. The normalized spacial score (nSPS) is 10.2. The van der Waals surface area contributed by atoms with Gasteiger partial charge in [0.05, 0.1) is 0 Å². The molecule has 0 bridgehead atoms. The maximum Gasteiger partial charge on any atom is 0.0460 e. The SMILES string of the molecule is N=Cc1c[nH]c2ccccc12.[HH]. The maximum absolute atomic E-state index is 7.10. The van der Waals surface area contributed by atoms with Crippen molar-refractivity contribution in [2.75, 3.05) is 0 Å². The third-order valence-electron chi connectivity index (χ3n) is 1.78. The van der Waals surface area contributed by atoms with Gasteiger partial charge < -0.3 is 10.4 Å². The van der Waals surface area contributed by atoms with Crippen LogP contribution in [0.2, 0.25) is 0 Å². The van der Waals surface area contributed by atoms with E-state index in [2.05, 4.69) is 4.98 Å². The summed E-state index contributed by atoms with van der Waals surface area (Å²) in [6, 6.07) is 7.96. The first kappa shape index (κ1) is 6.16. The molecule has 2 N–H and O–H groups in total. The van der Waals surface area contributed by atoms with Gasteiger partial charge >= 0.3 is 0 Å². The molecular weight excluding hydrogens is 136 g/mol. The van der Waals surface area contributed by atoms with E-state index in [9.17, 15) is 0 Å². The molecule has 0 spiro atoms. The Morgan fingerprint density at radius 2 is 2.18 bits per heavy atom. The lowest BCUT2D eigenvalue weighted by Crippen LogP contribution is -1.72. The first-order valence-corrected chi connectivity index (χ1v) is 3.48. The summed E-state index contributed by atoms with van der Waals surface area (Å²) >= 11 is 0. The fraction of sp³-hybridized carbons (Fsp3) is 0. The molecule has 1 aromatic heterocycles. The van der Waals surface area contributed by atoms with Crippen LogP contribution in [-0.4, -0.2) is 11.2 Å². The molecule has 0 aliphatic heterocycles. The minimum absolute atomic E-state index is 0. The third-order valence-corrected chi connectivity index (χ3v) is 1.78. The van der Waals surface area contributed by atoms with Crippen molar-refractivity contribution in [1.82, 2.24) is 4.98 Å². The van der Waals surface area contributed by atoms with Crippen molar-refractivity contribution in [3.8, 4) is 0 Å². The number of hydrogen-bond acceptors (Lipinski definition) is 1. The molecule has 2 heteroatoms. The van der Waals surface area contributed by atoms with Gasteiger partial charge in [-0.2, -0.15) is 0 Å². The standard InChI is InChI=1S/C9H8N2.H2/c10-5-7-6-11-9-4-2-1-3-8(7)9;/h1-6,10-11H;1H. The smallest absolute Gasteiger partial charge is 0.0460 e. The van der Waals surface area contributed by atoms with Crippen molar-refractivity contribution >= 4 is 17.1 Å². The Morgan fingerprint density at radius 1 is 1.36 bits per heavy atom. The zero-order chi connectivity index (χ0) is 7.68. The zero-order valence-corrected chi connectivity index (χ0v) is 5.96. The van der Waals surface area contributed by atoms with Crippen LogP contribution in [0.15, 0.2) is 30.5 Å². The van der Waals surface area contributed by atoms with Crippen LogP contribution >= 0.6 is 0 Å². The molecule has 0 saturated carbocycles. The molecule has 0 radical (unpaired) electrons. The number of H-pyrrole nitrogens is 1. The number of para-hydroxylation sites is 1. The van der Waals surface area contributed by atoms with Gasteiger partial charge in [0.15, 0.2) is 0 Å². The molecule has 0 aliphatic carbocycles. The fourth-order valence-corrected chi connectivity index (χ4v) is 1.21. The highest BCUT2D eigenvalue weighted by Gasteiger charge is 1.97. The number of aromatic nitrogens is 1. The van der Waals surface area contributed by atoms with E-state index in [0.717, 1.165) is 16.5 Å². The molecule has 0 saturated heterocycles. The topological polar surface area (TPSA) is 39.6 Å². The minimum Gasteiger partial charge on any atom is -0.361 e. The summed E-state index contributed by atoms with van der Waals surface area (Å²) in [5.74, 6) is 0. The molecule has 1 heterocycles. The second-order valence-electron chi connectivity index (χ2n) is 2.43. The van der Waals surface area contributed by atoms with Crippen molar-refractivity contribution in [1.29, 1.82) is 5.41 Å². The van der Waals surface area contributed by atoms with E-state index >= 15 is 0 Å². The summed E-state index contributed by atoms with van der Waals surface area (Å²) in [7, 11) is 0. The van der Waals surface area contributed by atoms with Crippen LogP contribution in [-0.2, 0) is 0 Å². The molecule has 0 atom stereocenters. The number of nitrogens with one attached hydrogen (secondary N) is 2. The highest BCUT2D eigenvalue weighted by atomic mass is 14.7. The third kappa shape index (κ3) is 0.835. The van der Waals surface area contributed by atoms with E-state index in [0.29, 0.717) is 0 Å². The number of rotatable bonds is 1. The van der Waals surface area contributed by atoms with E-state index in [-0.39, 0.29) is 1.43 Å². The van der Waals surface area contributed by atoms with Crippen LogP contribution in [0.4, 0.5) is 0 Å². The van der Waals surface area contributed by atoms with Crippen LogP contribution in [0.1, 0.15) is 6.99 Å². The average molecular weight is 146 g/mol. The highest BCUT2D eigenvalue weighted by molar-refractivity contribution is 5.97. The second kappa shape index (κ2) is 2.23. The zero-order valence-electron chi connectivity index (χ0n) is 5.96. The second-order valence-corrected chi connectivity index (χ2v) is 2.43. The average Bonchev–Trinajstić information content (AvgIpc) is 2.47. The summed E-state index contributed by atoms with van der Waals surface area (Å²) in [6.45, 7) is 0. The Bertz CT molecular complexity index is 392. The minimum atomic E-state index is 0. The molecule has 2 nitrogen and oxygen atoms in total. The Balaban J connectivity index is 0.000000720. The van der Waals surface area contributed by atoms with Crippen LogP contribution in [0.5, 0.6) is 0 Å². The molecule has 2 rings (SSSR count). The summed E-state index contributed by atoms with van der Waals surface area (Å²) in [4.78, 5) is 3.09. The molecule has 0 amide bonds. The monoisotopic (exact) mass is 146 g/mol. The quantitative estimate of drug-likeness (QED) is 0.580. The fourth-order valence-electron chi connectivity index (χ4n) is 1.21. The molecule has 2 aromatic rings. The maximum atomic E-state index is 7.10. The van der Waals surface area contributed by atoms with E-state index in [1.165, 1.54) is 6.21 Å². The van der Waals surface area contributed by atoms with Gasteiger partial charge in [-0.15, -0.1) is 0 Å². The Morgan fingerprint density at radius 3 is 3.00 bits per heavy atom. The Kier molecular flexibility index (Phi) is 1.25. The lowest BCUT2D eigenvalue weighted by molar-refractivity contribution is 1.46. The van der Waals surface area contributed by atoms with Crippen LogP contribution in [0, 0.1) is 5.41 Å². The molecule has 56 valence electrons. The van der Waals surface area contributed by atoms with E-state index < -0.39 is 0 Å². The van der Waals surface area contributed by atoms with Gasteiger partial charge in [0.1, 0.15) is 0 Å². The molecule has 11 heavy (non-hydrogen) atoms. The Hall–Kier alpha value is -1.57. The van der Waals surface area contributed by atoms with Crippen molar-refractivity contribution in [3.63, 3.8) is 0 Å². The first-order valence-electron chi connectivity index (χ1n) is 3.48. The first-order chi connectivity index (χ1) is 5.42. The van der Waals surface area contributed by atoms with Crippen molar-refractivity contribution in [2.24, 2.45) is 0 Å². The van der Waals surface area contributed by atoms with E-state index in [1.807, 2.05) is 30.5 Å². The van der Waals surface area contributed by atoms with Gasteiger partial charge in [-0.1, -0.05) is 18.2 Å². The van der Waals surface area contributed by atoms with Crippen LogP contribution < -0.4 is 0 Å². The van der Waals surface area contributed by atoms with Gasteiger partial charge in [0, 0.05) is 30.3 Å². The van der Waals surface area contributed by atoms with Gasteiger partial charge in [0.2, 0.25) is 0 Å². The highest BCUT2D eigenvalue weighted by Crippen LogP contribution is 2.14. The number of aromatic amines is 1.